The molecular formula is C9H11NO. The average molecular weight is 149 g/mol. The first-order chi connectivity index (χ1) is 5.29. The van der Waals surface area contributed by atoms with E-state index in [-0.39, 0.29) is 5.91 Å². The van der Waals surface area contributed by atoms with E-state index in [2.05, 4.69) is 11.9 Å². The Morgan fingerprint density at radius 3 is 2.91 bits per heavy atom. The maximum absolute atomic E-state index is 11.1. The lowest BCUT2D eigenvalue weighted by atomic mass is 10.1. The van der Waals surface area contributed by atoms with Crippen LogP contribution < -0.4 is 5.32 Å². The highest BCUT2D eigenvalue weighted by Gasteiger charge is 2.19. The van der Waals surface area contributed by atoms with Gasteiger partial charge < -0.3 is 5.32 Å². The number of rotatable bonds is 1. The van der Waals surface area contributed by atoms with Gasteiger partial charge in [0.05, 0.1) is 0 Å². The van der Waals surface area contributed by atoms with Crippen molar-refractivity contribution in [3.05, 3.63) is 36.0 Å². The molecule has 1 aliphatic heterocycles. The molecule has 0 atom stereocenters. The van der Waals surface area contributed by atoms with Gasteiger partial charge in [0.25, 0.3) is 5.91 Å². The highest BCUT2D eigenvalue weighted by atomic mass is 16.2. The van der Waals surface area contributed by atoms with Gasteiger partial charge in [0, 0.05) is 12.1 Å². The number of carbonyl (C=O) groups is 1. The van der Waals surface area contributed by atoms with Gasteiger partial charge in [0.2, 0.25) is 0 Å². The third kappa shape index (κ3) is 1.40. The summed E-state index contributed by atoms with van der Waals surface area (Å²) in [6.45, 7) is 6.11. The lowest BCUT2D eigenvalue weighted by molar-refractivity contribution is -0.116. The summed E-state index contributed by atoms with van der Waals surface area (Å²) in [4.78, 5) is 11.1. The van der Waals surface area contributed by atoms with Crippen LogP contribution in [-0.2, 0) is 4.79 Å². The largest absolute Gasteiger partial charge is 0.348 e. The van der Waals surface area contributed by atoms with E-state index in [1.54, 1.807) is 12.2 Å². The molecule has 1 saturated heterocycles. The Labute approximate surface area is 66.3 Å². The molecule has 1 heterocycles. The Bertz CT molecular complexity index is 248. The fourth-order valence-electron chi connectivity index (χ4n) is 1.07. The lowest BCUT2D eigenvalue weighted by Crippen LogP contribution is -2.13. The minimum absolute atomic E-state index is 0.00185. The molecule has 0 aromatic heterocycles. The van der Waals surface area contributed by atoms with Crippen LogP contribution in [0, 0.1) is 0 Å². The van der Waals surface area contributed by atoms with Crippen LogP contribution in [0.4, 0.5) is 0 Å². The van der Waals surface area contributed by atoms with Crippen LogP contribution in [0.2, 0.25) is 0 Å². The molecule has 1 rings (SSSR count). The first-order valence-corrected chi connectivity index (χ1v) is 3.56. The summed E-state index contributed by atoms with van der Waals surface area (Å²) in [6, 6.07) is 0. The topological polar surface area (TPSA) is 29.1 Å². The molecule has 2 heteroatoms. The summed E-state index contributed by atoms with van der Waals surface area (Å²) >= 11 is 0. The number of allylic oxidation sites excluding steroid dienone is 3. The van der Waals surface area contributed by atoms with Crippen LogP contribution in [0.3, 0.4) is 0 Å². The smallest absolute Gasteiger partial charge is 0.251 e. The number of hydrogen-bond acceptors (Lipinski definition) is 1. The second kappa shape index (κ2) is 3.19. The highest BCUT2D eigenvalue weighted by Crippen LogP contribution is 2.14. The van der Waals surface area contributed by atoms with E-state index < -0.39 is 0 Å². The van der Waals surface area contributed by atoms with Gasteiger partial charge in [0.15, 0.2) is 0 Å². The van der Waals surface area contributed by atoms with E-state index in [0.29, 0.717) is 6.54 Å². The second-order valence-electron chi connectivity index (χ2n) is 2.31. The van der Waals surface area contributed by atoms with Crippen molar-refractivity contribution in [2.24, 2.45) is 0 Å². The number of nitrogens with one attached hydrogen (secondary N) is 1. The van der Waals surface area contributed by atoms with E-state index in [4.69, 9.17) is 0 Å². The molecule has 0 radical (unpaired) electrons. The predicted octanol–water partition coefficient (Wildman–Crippen LogP) is 1.17. The molecule has 0 aliphatic carbocycles. The summed E-state index contributed by atoms with van der Waals surface area (Å²) in [5.41, 5.74) is 1.79. The molecule has 58 valence electrons. The van der Waals surface area contributed by atoms with E-state index in [9.17, 15) is 4.79 Å². The quantitative estimate of drug-likeness (QED) is 0.557. The van der Waals surface area contributed by atoms with Crippen LogP contribution in [-0.4, -0.2) is 12.5 Å². The fraction of sp³-hybridized carbons (Fsp3) is 0.222. The van der Waals surface area contributed by atoms with Crippen molar-refractivity contribution in [2.75, 3.05) is 6.54 Å². The lowest BCUT2D eigenvalue weighted by Gasteiger charge is -1.91. The maximum Gasteiger partial charge on any atom is 0.251 e. The Morgan fingerprint density at radius 2 is 2.36 bits per heavy atom. The molecule has 1 amide bonds. The van der Waals surface area contributed by atoms with Crippen LogP contribution in [0.5, 0.6) is 0 Å². The summed E-state index contributed by atoms with van der Waals surface area (Å²) in [5, 5.41) is 2.73. The van der Waals surface area contributed by atoms with Gasteiger partial charge in [-0.3, -0.25) is 4.79 Å². The molecule has 0 aromatic carbocycles. The van der Waals surface area contributed by atoms with E-state index in [1.165, 1.54) is 0 Å². The maximum atomic E-state index is 11.1. The van der Waals surface area contributed by atoms with Crippen molar-refractivity contribution < 1.29 is 4.79 Å². The number of hydrogen-bond donors (Lipinski definition) is 1. The Balaban J connectivity index is 2.97. The first kappa shape index (κ1) is 7.79. The van der Waals surface area contributed by atoms with Gasteiger partial charge in [-0.15, -0.1) is 0 Å². The second-order valence-corrected chi connectivity index (χ2v) is 2.31. The molecule has 0 unspecified atom stereocenters. The third-order valence-electron chi connectivity index (χ3n) is 1.66. The minimum Gasteiger partial charge on any atom is -0.348 e. The van der Waals surface area contributed by atoms with Gasteiger partial charge in [-0.05, 0) is 18.6 Å². The van der Waals surface area contributed by atoms with Crippen molar-refractivity contribution in [1.82, 2.24) is 5.32 Å². The van der Waals surface area contributed by atoms with Crippen molar-refractivity contribution >= 4 is 5.91 Å². The number of amides is 1. The van der Waals surface area contributed by atoms with Crippen LogP contribution in [0.15, 0.2) is 36.0 Å². The Hall–Kier alpha value is -1.31. The predicted molar refractivity (Wildman–Crippen MR) is 45.0 cm³/mol. The van der Waals surface area contributed by atoms with Crippen molar-refractivity contribution in [2.45, 2.75) is 6.92 Å². The molecule has 11 heavy (non-hydrogen) atoms. The van der Waals surface area contributed by atoms with Crippen LogP contribution in [0.25, 0.3) is 0 Å². The SMILES string of the molecule is C=C/C=C1/C(=O)NC/C1=C/C. The summed E-state index contributed by atoms with van der Waals surface area (Å²) in [7, 11) is 0. The monoisotopic (exact) mass is 149 g/mol. The van der Waals surface area contributed by atoms with Gasteiger partial charge in [-0.1, -0.05) is 18.7 Å². The zero-order chi connectivity index (χ0) is 8.27. The van der Waals surface area contributed by atoms with E-state index >= 15 is 0 Å². The Morgan fingerprint density at radius 1 is 1.64 bits per heavy atom. The molecule has 1 aliphatic rings. The van der Waals surface area contributed by atoms with Gasteiger partial charge in [-0.2, -0.15) is 0 Å². The fourth-order valence-corrected chi connectivity index (χ4v) is 1.07. The minimum atomic E-state index is -0.00185. The van der Waals surface area contributed by atoms with Crippen molar-refractivity contribution in [1.29, 1.82) is 0 Å². The molecule has 0 aromatic rings. The van der Waals surface area contributed by atoms with Crippen LogP contribution in [0.1, 0.15) is 6.92 Å². The highest BCUT2D eigenvalue weighted by molar-refractivity contribution is 6.01. The average Bonchev–Trinajstić information content (AvgIpc) is 2.34. The van der Waals surface area contributed by atoms with Crippen molar-refractivity contribution in [3.8, 4) is 0 Å². The summed E-state index contributed by atoms with van der Waals surface area (Å²) in [6.07, 6.45) is 5.30. The van der Waals surface area contributed by atoms with E-state index in [1.807, 2.05) is 13.0 Å². The zero-order valence-corrected chi connectivity index (χ0v) is 6.55. The van der Waals surface area contributed by atoms with E-state index in [0.717, 1.165) is 11.1 Å². The number of carbonyl (C=O) groups excluding carboxylic acids is 1. The molecular weight excluding hydrogens is 138 g/mol. The molecule has 0 bridgehead atoms. The van der Waals surface area contributed by atoms with Gasteiger partial charge in [0.1, 0.15) is 0 Å². The molecule has 0 spiro atoms. The van der Waals surface area contributed by atoms with Gasteiger partial charge in [-0.25, -0.2) is 0 Å². The zero-order valence-electron chi connectivity index (χ0n) is 6.55. The summed E-state index contributed by atoms with van der Waals surface area (Å²) in [5.74, 6) is -0.00185. The van der Waals surface area contributed by atoms with Crippen LogP contribution >= 0.6 is 0 Å². The summed E-state index contributed by atoms with van der Waals surface area (Å²) < 4.78 is 0. The Kier molecular flexibility index (Phi) is 2.26. The van der Waals surface area contributed by atoms with Crippen molar-refractivity contribution in [3.63, 3.8) is 0 Å². The molecule has 1 N–H and O–H groups in total. The molecule has 0 saturated carbocycles. The standard InChI is InChI=1S/C9H11NO/c1-3-5-8-7(4-2)6-10-9(8)11/h3-5H,1,6H2,2H3,(H,10,11)/b7-4-,8-5+. The normalized spacial score (nSPS) is 24.3. The first-order valence-electron chi connectivity index (χ1n) is 3.56. The third-order valence-corrected chi connectivity index (χ3v) is 1.66. The molecule has 1 fully saturated rings. The van der Waals surface area contributed by atoms with Gasteiger partial charge >= 0.3 is 0 Å². The molecule has 2 nitrogen and oxygen atoms in total.